The van der Waals surface area contributed by atoms with E-state index in [9.17, 15) is 5.11 Å². The Morgan fingerprint density at radius 3 is 2.88 bits per heavy atom. The molecule has 0 aliphatic heterocycles. The van der Waals surface area contributed by atoms with Crippen molar-refractivity contribution < 1.29 is 5.11 Å². The monoisotopic (exact) mass is 246 g/mol. The molecule has 0 radical (unpaired) electrons. The summed E-state index contributed by atoms with van der Waals surface area (Å²) < 4.78 is 1.22. The number of aromatic hydroxyl groups is 1. The van der Waals surface area contributed by atoms with Gasteiger partial charge in [0.15, 0.2) is 0 Å². The highest BCUT2D eigenvalue weighted by Gasteiger charge is 2.24. The van der Waals surface area contributed by atoms with Gasteiger partial charge in [-0.25, -0.2) is 0 Å². The van der Waals surface area contributed by atoms with Gasteiger partial charge in [-0.15, -0.1) is 11.3 Å². The second-order valence-electron chi connectivity index (χ2n) is 5.24. The van der Waals surface area contributed by atoms with Gasteiger partial charge >= 0.3 is 0 Å². The number of rotatable bonds is 1. The molecule has 17 heavy (non-hydrogen) atoms. The van der Waals surface area contributed by atoms with Gasteiger partial charge in [-0.3, -0.25) is 0 Å². The molecule has 2 unspecified atom stereocenters. The average Bonchev–Trinajstić information content (AvgIpc) is 2.72. The van der Waals surface area contributed by atoms with Crippen molar-refractivity contribution in [3.8, 4) is 5.75 Å². The lowest BCUT2D eigenvalue weighted by molar-refractivity contribution is 0.332. The van der Waals surface area contributed by atoms with Crippen molar-refractivity contribution in [3.63, 3.8) is 0 Å². The lowest BCUT2D eigenvalue weighted by atomic mass is 9.76. The number of phenols is 1. The highest BCUT2D eigenvalue weighted by atomic mass is 32.1. The van der Waals surface area contributed by atoms with Gasteiger partial charge in [0.1, 0.15) is 5.75 Å². The zero-order valence-corrected chi connectivity index (χ0v) is 11.0. The van der Waals surface area contributed by atoms with Crippen molar-refractivity contribution in [2.45, 2.75) is 38.5 Å². The second-order valence-corrected chi connectivity index (χ2v) is 6.15. The minimum atomic E-state index is 0.377. The second kappa shape index (κ2) is 4.34. The number of benzene rings is 1. The van der Waals surface area contributed by atoms with Crippen LogP contribution < -0.4 is 0 Å². The van der Waals surface area contributed by atoms with E-state index in [1.54, 1.807) is 11.3 Å². The van der Waals surface area contributed by atoms with Gasteiger partial charge in [-0.1, -0.05) is 26.2 Å². The molecule has 3 rings (SSSR count). The summed E-state index contributed by atoms with van der Waals surface area (Å²) >= 11 is 1.76. The van der Waals surface area contributed by atoms with Crippen LogP contribution in [0.2, 0.25) is 0 Å². The lowest BCUT2D eigenvalue weighted by Crippen LogP contribution is -2.14. The Morgan fingerprint density at radius 1 is 1.24 bits per heavy atom. The molecule has 90 valence electrons. The number of hydrogen-bond acceptors (Lipinski definition) is 2. The van der Waals surface area contributed by atoms with Crippen LogP contribution in [-0.2, 0) is 0 Å². The van der Waals surface area contributed by atoms with Gasteiger partial charge in [-0.2, -0.15) is 0 Å². The van der Waals surface area contributed by atoms with Crippen molar-refractivity contribution in [1.29, 1.82) is 0 Å². The van der Waals surface area contributed by atoms with E-state index in [1.807, 2.05) is 12.1 Å². The summed E-state index contributed by atoms with van der Waals surface area (Å²) in [4.78, 5) is 0. The van der Waals surface area contributed by atoms with E-state index in [1.165, 1.54) is 41.3 Å². The summed E-state index contributed by atoms with van der Waals surface area (Å²) in [5.41, 5.74) is 1.51. The molecule has 1 heterocycles. The molecule has 1 N–H and O–H groups in total. The first-order valence-electron chi connectivity index (χ1n) is 6.46. The van der Waals surface area contributed by atoms with E-state index in [-0.39, 0.29) is 0 Å². The lowest BCUT2D eigenvalue weighted by Gasteiger charge is -2.28. The molecule has 1 saturated carbocycles. The first kappa shape index (κ1) is 11.1. The molecule has 1 aromatic carbocycles. The predicted molar refractivity (Wildman–Crippen MR) is 73.9 cm³/mol. The molecule has 2 heteroatoms. The van der Waals surface area contributed by atoms with E-state index in [0.717, 1.165) is 11.8 Å². The molecule has 0 amide bonds. The van der Waals surface area contributed by atoms with Crippen LogP contribution in [-0.4, -0.2) is 5.11 Å². The minimum Gasteiger partial charge on any atom is -0.508 e. The van der Waals surface area contributed by atoms with E-state index >= 15 is 0 Å². The van der Waals surface area contributed by atoms with E-state index in [4.69, 9.17) is 0 Å². The molecule has 2 atom stereocenters. The van der Waals surface area contributed by atoms with Gasteiger partial charge in [0.05, 0.1) is 0 Å². The number of phenolic OH excluding ortho intramolecular Hbond substituents is 1. The van der Waals surface area contributed by atoms with Crippen LogP contribution in [0, 0.1) is 5.92 Å². The Bertz CT molecular complexity index is 529. The number of hydrogen-bond donors (Lipinski definition) is 1. The first-order chi connectivity index (χ1) is 8.25. The Morgan fingerprint density at radius 2 is 2.06 bits per heavy atom. The fourth-order valence-corrected chi connectivity index (χ4v) is 4.16. The Kier molecular flexibility index (Phi) is 2.83. The third kappa shape index (κ3) is 1.95. The van der Waals surface area contributed by atoms with Gasteiger partial charge in [0.25, 0.3) is 0 Å². The van der Waals surface area contributed by atoms with Crippen LogP contribution in [0.15, 0.2) is 23.6 Å². The first-order valence-corrected chi connectivity index (χ1v) is 7.34. The van der Waals surface area contributed by atoms with Crippen LogP contribution >= 0.6 is 11.3 Å². The third-order valence-electron chi connectivity index (χ3n) is 4.10. The molecule has 0 bridgehead atoms. The molecule has 1 aliphatic rings. The summed E-state index contributed by atoms with van der Waals surface area (Å²) in [5.74, 6) is 1.90. The molecule has 0 saturated heterocycles. The summed E-state index contributed by atoms with van der Waals surface area (Å²) in [6, 6.07) is 5.78. The van der Waals surface area contributed by atoms with Crippen molar-refractivity contribution in [2.75, 3.05) is 0 Å². The molecule has 0 spiro atoms. The van der Waals surface area contributed by atoms with Crippen molar-refractivity contribution >= 4 is 21.4 Å². The molecule has 1 aliphatic carbocycles. The predicted octanol–water partition coefficient (Wildman–Crippen LogP) is 4.90. The van der Waals surface area contributed by atoms with Crippen LogP contribution in [0.5, 0.6) is 5.75 Å². The third-order valence-corrected chi connectivity index (χ3v) is 5.06. The number of thiophene rings is 1. The summed E-state index contributed by atoms with van der Waals surface area (Å²) in [7, 11) is 0. The molecule has 2 aromatic rings. The molecular weight excluding hydrogens is 228 g/mol. The summed E-state index contributed by atoms with van der Waals surface area (Å²) in [6.45, 7) is 2.38. The minimum absolute atomic E-state index is 0.377. The summed E-state index contributed by atoms with van der Waals surface area (Å²) in [5, 5.41) is 13.2. The highest BCUT2D eigenvalue weighted by Crippen LogP contribution is 2.42. The fraction of sp³-hybridized carbons (Fsp3) is 0.467. The Labute approximate surface area is 106 Å². The van der Waals surface area contributed by atoms with E-state index in [2.05, 4.69) is 18.4 Å². The zero-order valence-electron chi connectivity index (χ0n) is 10.1. The van der Waals surface area contributed by atoms with Gasteiger partial charge < -0.3 is 5.11 Å². The van der Waals surface area contributed by atoms with Gasteiger partial charge in [0, 0.05) is 4.70 Å². The smallest absolute Gasteiger partial charge is 0.117 e. The van der Waals surface area contributed by atoms with Gasteiger partial charge in [0.2, 0.25) is 0 Å². The summed E-state index contributed by atoms with van der Waals surface area (Å²) in [6.07, 6.45) is 5.44. The molecule has 1 aromatic heterocycles. The van der Waals surface area contributed by atoms with Crippen LogP contribution in [0.1, 0.15) is 44.1 Å². The molecular formula is C15H18OS. The van der Waals surface area contributed by atoms with E-state index in [0.29, 0.717) is 5.75 Å². The van der Waals surface area contributed by atoms with Gasteiger partial charge in [-0.05, 0) is 52.8 Å². The SMILES string of the molecule is CC1CCCCC1c1csc2cc(O)ccc12. The maximum absolute atomic E-state index is 9.51. The molecule has 1 nitrogen and oxygen atoms in total. The number of fused-ring (bicyclic) bond motifs is 1. The Hall–Kier alpha value is -1.02. The maximum atomic E-state index is 9.51. The van der Waals surface area contributed by atoms with Crippen LogP contribution in [0.25, 0.3) is 10.1 Å². The molecule has 1 fully saturated rings. The topological polar surface area (TPSA) is 20.2 Å². The van der Waals surface area contributed by atoms with Crippen molar-refractivity contribution in [1.82, 2.24) is 0 Å². The standard InChI is InChI=1S/C15H18OS/c1-10-4-2-3-5-12(10)14-9-17-15-8-11(16)6-7-13(14)15/h6-10,12,16H,2-5H2,1H3. The largest absolute Gasteiger partial charge is 0.508 e. The van der Waals surface area contributed by atoms with Crippen molar-refractivity contribution in [3.05, 3.63) is 29.1 Å². The van der Waals surface area contributed by atoms with Crippen LogP contribution in [0.3, 0.4) is 0 Å². The highest BCUT2D eigenvalue weighted by molar-refractivity contribution is 7.17. The zero-order chi connectivity index (χ0) is 11.8. The maximum Gasteiger partial charge on any atom is 0.117 e. The quantitative estimate of drug-likeness (QED) is 0.758. The normalized spacial score (nSPS) is 25.2. The fourth-order valence-electron chi connectivity index (χ4n) is 3.10. The van der Waals surface area contributed by atoms with E-state index < -0.39 is 0 Å². The Balaban J connectivity index is 2.05. The average molecular weight is 246 g/mol. The van der Waals surface area contributed by atoms with Crippen LogP contribution in [0.4, 0.5) is 0 Å². The van der Waals surface area contributed by atoms with Crippen molar-refractivity contribution in [2.24, 2.45) is 5.92 Å².